The van der Waals surface area contributed by atoms with Crippen molar-refractivity contribution in [1.29, 1.82) is 0 Å². The molecule has 1 unspecified atom stereocenters. The molecular weight excluding hydrogens is 256 g/mol. The molecule has 0 amide bonds. The van der Waals surface area contributed by atoms with E-state index in [4.69, 9.17) is 4.98 Å². The number of hydrogen-bond acceptors (Lipinski definition) is 4. The summed E-state index contributed by atoms with van der Waals surface area (Å²) in [5.74, 6) is 0.300. The SMILES string of the molecule is CCNC1CCCc2nc(-c3cccc(O)c3)sc21. The Balaban J connectivity index is 1.97. The third-order valence-corrected chi connectivity index (χ3v) is 4.75. The van der Waals surface area contributed by atoms with Gasteiger partial charge in [-0.3, -0.25) is 0 Å². The van der Waals surface area contributed by atoms with Crippen molar-refractivity contribution in [3.05, 3.63) is 34.8 Å². The molecule has 100 valence electrons. The van der Waals surface area contributed by atoms with E-state index >= 15 is 0 Å². The number of nitrogens with zero attached hydrogens (tertiary/aromatic N) is 1. The molecule has 3 rings (SSSR count). The lowest BCUT2D eigenvalue weighted by atomic mass is 9.98. The quantitative estimate of drug-likeness (QED) is 0.900. The van der Waals surface area contributed by atoms with Crippen molar-refractivity contribution in [1.82, 2.24) is 10.3 Å². The van der Waals surface area contributed by atoms with Crippen LogP contribution >= 0.6 is 11.3 Å². The van der Waals surface area contributed by atoms with Crippen molar-refractivity contribution in [3.8, 4) is 16.3 Å². The first-order valence-corrected chi connectivity index (χ1v) is 7.62. The molecule has 1 atom stereocenters. The maximum Gasteiger partial charge on any atom is 0.124 e. The predicted octanol–water partition coefficient (Wildman–Crippen LogP) is 3.50. The molecule has 4 heteroatoms. The minimum absolute atomic E-state index is 0.300. The van der Waals surface area contributed by atoms with E-state index in [1.807, 2.05) is 12.1 Å². The second kappa shape index (κ2) is 5.31. The molecule has 0 radical (unpaired) electrons. The smallest absolute Gasteiger partial charge is 0.124 e. The molecule has 3 nitrogen and oxygen atoms in total. The van der Waals surface area contributed by atoms with Gasteiger partial charge in [0, 0.05) is 16.5 Å². The molecular formula is C15H18N2OS. The Morgan fingerprint density at radius 2 is 2.37 bits per heavy atom. The number of rotatable bonds is 3. The largest absolute Gasteiger partial charge is 0.508 e. The number of benzene rings is 1. The summed E-state index contributed by atoms with van der Waals surface area (Å²) in [7, 11) is 0. The molecule has 0 fully saturated rings. The Hall–Kier alpha value is -1.39. The van der Waals surface area contributed by atoms with E-state index in [1.165, 1.54) is 23.4 Å². The molecule has 1 aromatic carbocycles. The Bertz CT molecular complexity index is 579. The zero-order valence-corrected chi connectivity index (χ0v) is 11.8. The van der Waals surface area contributed by atoms with E-state index in [2.05, 4.69) is 12.2 Å². The number of thiazole rings is 1. The van der Waals surface area contributed by atoms with Crippen LogP contribution in [0.2, 0.25) is 0 Å². The van der Waals surface area contributed by atoms with Crippen LogP contribution in [0, 0.1) is 0 Å². The van der Waals surface area contributed by atoms with E-state index in [9.17, 15) is 5.11 Å². The van der Waals surface area contributed by atoms with E-state index in [1.54, 1.807) is 23.5 Å². The lowest BCUT2D eigenvalue weighted by Gasteiger charge is -2.21. The molecule has 1 heterocycles. The summed E-state index contributed by atoms with van der Waals surface area (Å²) >= 11 is 1.76. The molecule has 0 bridgehead atoms. The summed E-state index contributed by atoms with van der Waals surface area (Å²) in [5.41, 5.74) is 2.25. The lowest BCUT2D eigenvalue weighted by Crippen LogP contribution is -2.23. The van der Waals surface area contributed by atoms with Gasteiger partial charge < -0.3 is 10.4 Å². The number of phenolic OH excluding ortho intramolecular Hbond substituents is 1. The van der Waals surface area contributed by atoms with Crippen LogP contribution in [0.4, 0.5) is 0 Å². The Labute approximate surface area is 117 Å². The summed E-state index contributed by atoms with van der Waals surface area (Å²) < 4.78 is 0. The summed E-state index contributed by atoms with van der Waals surface area (Å²) in [6.45, 7) is 3.13. The van der Waals surface area contributed by atoms with E-state index < -0.39 is 0 Å². The fourth-order valence-corrected chi connectivity index (χ4v) is 3.84. The topological polar surface area (TPSA) is 45.2 Å². The normalized spacial score (nSPS) is 18.3. The average Bonchev–Trinajstić information content (AvgIpc) is 2.84. The summed E-state index contributed by atoms with van der Waals surface area (Å²) in [6.07, 6.45) is 3.48. The highest BCUT2D eigenvalue weighted by Gasteiger charge is 2.24. The minimum Gasteiger partial charge on any atom is -0.508 e. The number of fused-ring (bicyclic) bond motifs is 1. The fraction of sp³-hybridized carbons (Fsp3) is 0.400. The minimum atomic E-state index is 0.300. The molecule has 19 heavy (non-hydrogen) atoms. The van der Waals surface area contributed by atoms with Gasteiger partial charge in [0.25, 0.3) is 0 Å². The van der Waals surface area contributed by atoms with Crippen LogP contribution in [0.5, 0.6) is 5.75 Å². The number of phenols is 1. The van der Waals surface area contributed by atoms with Gasteiger partial charge in [0.15, 0.2) is 0 Å². The van der Waals surface area contributed by atoms with Crippen molar-refractivity contribution in [2.75, 3.05) is 6.54 Å². The molecule has 0 spiro atoms. The maximum absolute atomic E-state index is 9.58. The number of aryl methyl sites for hydroxylation is 1. The van der Waals surface area contributed by atoms with Crippen LogP contribution in [0.25, 0.3) is 10.6 Å². The molecule has 1 aliphatic carbocycles. The van der Waals surface area contributed by atoms with Gasteiger partial charge in [-0.05, 0) is 37.9 Å². The third-order valence-electron chi connectivity index (χ3n) is 3.49. The van der Waals surface area contributed by atoms with Crippen LogP contribution in [0.15, 0.2) is 24.3 Å². The van der Waals surface area contributed by atoms with Crippen LogP contribution in [0.3, 0.4) is 0 Å². The van der Waals surface area contributed by atoms with Crippen LogP contribution in [-0.2, 0) is 6.42 Å². The molecule has 0 aliphatic heterocycles. The fourth-order valence-electron chi connectivity index (χ4n) is 2.62. The lowest BCUT2D eigenvalue weighted by molar-refractivity contribution is 0.475. The highest BCUT2D eigenvalue weighted by Crippen LogP contribution is 2.38. The monoisotopic (exact) mass is 274 g/mol. The molecule has 1 aliphatic rings. The Morgan fingerprint density at radius 3 is 3.16 bits per heavy atom. The van der Waals surface area contributed by atoms with Crippen LogP contribution < -0.4 is 5.32 Å². The van der Waals surface area contributed by atoms with E-state index in [0.717, 1.165) is 23.5 Å². The summed E-state index contributed by atoms with van der Waals surface area (Å²) in [4.78, 5) is 6.14. The van der Waals surface area contributed by atoms with Crippen molar-refractivity contribution in [2.24, 2.45) is 0 Å². The van der Waals surface area contributed by atoms with Crippen molar-refractivity contribution >= 4 is 11.3 Å². The van der Waals surface area contributed by atoms with Gasteiger partial charge in [-0.15, -0.1) is 11.3 Å². The number of nitrogens with one attached hydrogen (secondary N) is 1. The first-order valence-electron chi connectivity index (χ1n) is 6.80. The van der Waals surface area contributed by atoms with Gasteiger partial charge >= 0.3 is 0 Å². The second-order valence-corrected chi connectivity index (χ2v) is 5.91. The zero-order chi connectivity index (χ0) is 13.2. The maximum atomic E-state index is 9.58. The molecule has 0 saturated carbocycles. The standard InChI is InChI=1S/C15H18N2OS/c1-2-16-12-7-4-8-13-14(12)19-15(17-13)10-5-3-6-11(18)9-10/h3,5-6,9,12,16,18H,2,4,7-8H2,1H3. The highest BCUT2D eigenvalue weighted by molar-refractivity contribution is 7.15. The van der Waals surface area contributed by atoms with Crippen molar-refractivity contribution in [2.45, 2.75) is 32.2 Å². The van der Waals surface area contributed by atoms with Gasteiger partial charge in [-0.1, -0.05) is 19.1 Å². The second-order valence-electron chi connectivity index (χ2n) is 4.88. The third kappa shape index (κ3) is 2.51. The Kier molecular flexibility index (Phi) is 3.53. The zero-order valence-electron chi connectivity index (χ0n) is 11.0. The number of aromatic hydroxyl groups is 1. The average molecular weight is 274 g/mol. The van der Waals surface area contributed by atoms with Crippen molar-refractivity contribution in [3.63, 3.8) is 0 Å². The van der Waals surface area contributed by atoms with Gasteiger partial charge in [0.1, 0.15) is 10.8 Å². The molecule has 0 saturated heterocycles. The Morgan fingerprint density at radius 1 is 1.47 bits per heavy atom. The first-order chi connectivity index (χ1) is 9.28. The van der Waals surface area contributed by atoms with E-state index in [0.29, 0.717) is 11.8 Å². The van der Waals surface area contributed by atoms with Gasteiger partial charge in [0.05, 0.1) is 5.69 Å². The first kappa shape index (κ1) is 12.6. The van der Waals surface area contributed by atoms with Gasteiger partial charge in [-0.25, -0.2) is 4.98 Å². The summed E-state index contributed by atoms with van der Waals surface area (Å²) in [6, 6.07) is 7.81. The van der Waals surface area contributed by atoms with Crippen molar-refractivity contribution < 1.29 is 5.11 Å². The molecule has 1 aromatic heterocycles. The highest BCUT2D eigenvalue weighted by atomic mass is 32.1. The molecule has 2 aromatic rings. The van der Waals surface area contributed by atoms with E-state index in [-0.39, 0.29) is 0 Å². The molecule has 2 N–H and O–H groups in total. The van der Waals surface area contributed by atoms with Crippen LogP contribution in [-0.4, -0.2) is 16.6 Å². The van der Waals surface area contributed by atoms with Gasteiger partial charge in [-0.2, -0.15) is 0 Å². The summed E-state index contributed by atoms with van der Waals surface area (Å²) in [5, 5.41) is 14.1. The van der Waals surface area contributed by atoms with Crippen LogP contribution in [0.1, 0.15) is 36.4 Å². The number of hydrogen-bond donors (Lipinski definition) is 2. The van der Waals surface area contributed by atoms with Gasteiger partial charge in [0.2, 0.25) is 0 Å². The number of aromatic nitrogens is 1. The predicted molar refractivity (Wildman–Crippen MR) is 78.6 cm³/mol.